The molecule has 0 saturated heterocycles. The van der Waals surface area contributed by atoms with Crippen LogP contribution in [-0.2, 0) is 11.4 Å². The van der Waals surface area contributed by atoms with Crippen LogP contribution >= 0.6 is 11.8 Å². The van der Waals surface area contributed by atoms with Gasteiger partial charge in [-0.1, -0.05) is 36.7 Å². The van der Waals surface area contributed by atoms with E-state index in [0.29, 0.717) is 29.2 Å². The lowest BCUT2D eigenvalue weighted by Gasteiger charge is -2.11. The van der Waals surface area contributed by atoms with E-state index in [0.717, 1.165) is 24.2 Å². The Morgan fingerprint density at radius 3 is 2.97 bits per heavy atom. The van der Waals surface area contributed by atoms with Crippen LogP contribution in [0.15, 0.2) is 60.0 Å². The summed E-state index contributed by atoms with van der Waals surface area (Å²) in [5.41, 5.74) is 2.39. The summed E-state index contributed by atoms with van der Waals surface area (Å²) in [7, 11) is 0. The molecular weight excluding hydrogens is 426 g/mol. The SMILES string of the molecule is O=C(CSc1nnnn1C1CCCC1)Nc1cccc(OCc2cn3ccccc3n2)c1. The van der Waals surface area contributed by atoms with Crippen LogP contribution in [0, 0.1) is 0 Å². The summed E-state index contributed by atoms with van der Waals surface area (Å²) in [6, 6.07) is 13.6. The molecule has 1 N–H and O–H groups in total. The van der Waals surface area contributed by atoms with Crippen molar-refractivity contribution < 1.29 is 9.53 Å². The minimum absolute atomic E-state index is 0.117. The van der Waals surface area contributed by atoms with Gasteiger partial charge in [0, 0.05) is 24.1 Å². The van der Waals surface area contributed by atoms with Crippen LogP contribution in [0.3, 0.4) is 0 Å². The number of nitrogens with one attached hydrogen (secondary N) is 1. The van der Waals surface area contributed by atoms with Crippen LogP contribution in [0.5, 0.6) is 5.75 Å². The van der Waals surface area contributed by atoms with E-state index in [1.165, 1.54) is 24.6 Å². The van der Waals surface area contributed by atoms with Crippen molar-refractivity contribution in [3.8, 4) is 5.75 Å². The third-order valence-electron chi connectivity index (χ3n) is 5.38. The van der Waals surface area contributed by atoms with Crippen molar-refractivity contribution in [2.24, 2.45) is 0 Å². The van der Waals surface area contributed by atoms with Crippen LogP contribution < -0.4 is 10.1 Å². The Hall–Kier alpha value is -3.40. The van der Waals surface area contributed by atoms with E-state index >= 15 is 0 Å². The fourth-order valence-electron chi connectivity index (χ4n) is 3.86. The van der Waals surface area contributed by atoms with E-state index in [-0.39, 0.29) is 11.7 Å². The van der Waals surface area contributed by atoms with Gasteiger partial charge in [0.2, 0.25) is 11.1 Å². The van der Waals surface area contributed by atoms with Gasteiger partial charge in [-0.05, 0) is 47.5 Å². The van der Waals surface area contributed by atoms with E-state index in [2.05, 4.69) is 25.8 Å². The maximum atomic E-state index is 12.5. The first-order chi connectivity index (χ1) is 15.7. The average molecular weight is 450 g/mol. The van der Waals surface area contributed by atoms with Crippen LogP contribution in [0.2, 0.25) is 0 Å². The van der Waals surface area contributed by atoms with E-state index in [4.69, 9.17) is 4.74 Å². The van der Waals surface area contributed by atoms with Crippen LogP contribution in [0.1, 0.15) is 37.4 Å². The zero-order valence-corrected chi connectivity index (χ0v) is 18.2. The van der Waals surface area contributed by atoms with E-state index in [9.17, 15) is 4.79 Å². The highest BCUT2D eigenvalue weighted by molar-refractivity contribution is 7.99. The van der Waals surface area contributed by atoms with Gasteiger partial charge in [-0.3, -0.25) is 4.79 Å². The summed E-state index contributed by atoms with van der Waals surface area (Å²) in [6.45, 7) is 0.346. The van der Waals surface area contributed by atoms with Gasteiger partial charge in [0.05, 0.1) is 17.5 Å². The molecule has 0 bridgehead atoms. The van der Waals surface area contributed by atoms with E-state index in [1.807, 2.05) is 57.9 Å². The number of benzene rings is 1. The van der Waals surface area contributed by atoms with Gasteiger partial charge in [-0.15, -0.1) is 5.10 Å². The van der Waals surface area contributed by atoms with Gasteiger partial charge >= 0.3 is 0 Å². The molecular formula is C22H23N7O2S. The van der Waals surface area contributed by atoms with Crippen molar-refractivity contribution in [2.75, 3.05) is 11.1 Å². The topological polar surface area (TPSA) is 99.2 Å². The number of pyridine rings is 1. The number of imidazole rings is 1. The van der Waals surface area contributed by atoms with Crippen molar-refractivity contribution in [2.45, 2.75) is 43.5 Å². The largest absolute Gasteiger partial charge is 0.487 e. The summed E-state index contributed by atoms with van der Waals surface area (Å²) < 4.78 is 9.69. The number of nitrogens with zero attached hydrogens (tertiary/aromatic N) is 6. The van der Waals surface area contributed by atoms with Gasteiger partial charge < -0.3 is 14.5 Å². The van der Waals surface area contributed by atoms with Crippen molar-refractivity contribution in [3.63, 3.8) is 0 Å². The molecule has 1 saturated carbocycles. The first kappa shape index (κ1) is 20.5. The molecule has 0 atom stereocenters. The lowest BCUT2D eigenvalue weighted by Crippen LogP contribution is -2.15. The second-order valence-corrected chi connectivity index (χ2v) is 8.64. The lowest BCUT2D eigenvalue weighted by atomic mass is 10.3. The number of anilines is 1. The van der Waals surface area contributed by atoms with Gasteiger partial charge in [0.25, 0.3) is 0 Å². The number of thioether (sulfide) groups is 1. The minimum Gasteiger partial charge on any atom is -0.487 e. The summed E-state index contributed by atoms with van der Waals surface area (Å²) in [5.74, 6) is 0.783. The molecule has 0 spiro atoms. The van der Waals surface area contributed by atoms with Crippen molar-refractivity contribution in [1.29, 1.82) is 0 Å². The molecule has 1 aliphatic rings. The molecule has 10 heteroatoms. The summed E-state index contributed by atoms with van der Waals surface area (Å²) in [4.78, 5) is 17.0. The quantitative estimate of drug-likeness (QED) is 0.409. The second kappa shape index (κ2) is 9.39. The number of tetrazole rings is 1. The highest BCUT2D eigenvalue weighted by atomic mass is 32.2. The molecule has 0 unspecified atom stereocenters. The molecule has 5 rings (SSSR count). The molecule has 164 valence electrons. The van der Waals surface area contributed by atoms with Crippen LogP contribution in [0.4, 0.5) is 5.69 Å². The Balaban J connectivity index is 1.15. The molecule has 0 radical (unpaired) electrons. The zero-order valence-electron chi connectivity index (χ0n) is 17.4. The van der Waals surface area contributed by atoms with Crippen LogP contribution in [-0.4, -0.2) is 41.3 Å². The lowest BCUT2D eigenvalue weighted by molar-refractivity contribution is -0.113. The number of hydrogen-bond donors (Lipinski definition) is 1. The fourth-order valence-corrected chi connectivity index (χ4v) is 4.61. The molecule has 3 heterocycles. The molecule has 9 nitrogen and oxygen atoms in total. The number of hydrogen-bond acceptors (Lipinski definition) is 7. The predicted molar refractivity (Wildman–Crippen MR) is 121 cm³/mol. The third-order valence-corrected chi connectivity index (χ3v) is 6.32. The monoisotopic (exact) mass is 449 g/mol. The first-order valence-electron chi connectivity index (χ1n) is 10.6. The number of ether oxygens (including phenoxy) is 1. The standard InChI is InChI=1S/C22H23N7O2S/c30-21(15-32-22-25-26-27-29(22)18-7-1-2-8-18)24-16-6-5-9-19(12-16)31-14-17-13-28-11-4-3-10-20(28)23-17/h3-6,9-13,18H,1-2,7-8,14-15H2,(H,24,30). The average Bonchev–Trinajstić information content (AvgIpc) is 3.56. The molecule has 1 aliphatic carbocycles. The summed E-state index contributed by atoms with van der Waals surface area (Å²) in [6.07, 6.45) is 8.47. The highest BCUT2D eigenvalue weighted by Crippen LogP contribution is 2.31. The summed E-state index contributed by atoms with van der Waals surface area (Å²) >= 11 is 1.35. The fraction of sp³-hybridized carbons (Fsp3) is 0.318. The van der Waals surface area contributed by atoms with Crippen LogP contribution in [0.25, 0.3) is 5.65 Å². The molecule has 1 amide bonds. The van der Waals surface area contributed by atoms with Gasteiger partial charge in [-0.25, -0.2) is 9.67 Å². The molecule has 1 fully saturated rings. The number of carbonyl (C=O) groups excluding carboxylic acids is 1. The molecule has 0 aliphatic heterocycles. The van der Waals surface area contributed by atoms with Crippen molar-refractivity contribution in [1.82, 2.24) is 29.6 Å². The van der Waals surface area contributed by atoms with Crippen molar-refractivity contribution in [3.05, 3.63) is 60.6 Å². The number of carbonyl (C=O) groups is 1. The minimum atomic E-state index is -0.117. The molecule has 32 heavy (non-hydrogen) atoms. The van der Waals surface area contributed by atoms with Gasteiger partial charge in [-0.2, -0.15) is 0 Å². The van der Waals surface area contributed by atoms with Gasteiger partial charge in [0.1, 0.15) is 18.0 Å². The Labute approximate surface area is 189 Å². The highest BCUT2D eigenvalue weighted by Gasteiger charge is 2.22. The maximum Gasteiger partial charge on any atom is 0.234 e. The Morgan fingerprint density at radius 2 is 2.09 bits per heavy atom. The normalized spacial score (nSPS) is 14.1. The number of amides is 1. The Morgan fingerprint density at radius 1 is 1.19 bits per heavy atom. The predicted octanol–water partition coefficient (Wildman–Crippen LogP) is 3.75. The Kier molecular flexibility index (Phi) is 6.02. The summed E-state index contributed by atoms with van der Waals surface area (Å²) in [5, 5.41) is 15.6. The number of fused-ring (bicyclic) bond motifs is 1. The number of rotatable bonds is 8. The molecule has 1 aromatic carbocycles. The smallest absolute Gasteiger partial charge is 0.234 e. The maximum absolute atomic E-state index is 12.5. The Bertz CT molecular complexity index is 1180. The number of aromatic nitrogens is 6. The van der Waals surface area contributed by atoms with E-state index < -0.39 is 0 Å². The molecule has 4 aromatic rings. The molecule has 3 aromatic heterocycles. The second-order valence-electron chi connectivity index (χ2n) is 7.70. The van der Waals surface area contributed by atoms with E-state index in [1.54, 1.807) is 6.07 Å². The zero-order chi connectivity index (χ0) is 21.8. The first-order valence-corrected chi connectivity index (χ1v) is 11.6. The van der Waals surface area contributed by atoms with Crippen molar-refractivity contribution >= 4 is 29.0 Å². The van der Waals surface area contributed by atoms with Gasteiger partial charge in [0.15, 0.2) is 0 Å². The third kappa shape index (κ3) is 4.75.